The van der Waals surface area contributed by atoms with Gasteiger partial charge in [-0.3, -0.25) is 0 Å². The van der Waals surface area contributed by atoms with Crippen molar-refractivity contribution in [1.82, 2.24) is 19.6 Å². The number of nitrogens with zero attached hydrogens (tertiary/aromatic N) is 4. The second-order valence-electron chi connectivity index (χ2n) is 13.6. The summed E-state index contributed by atoms with van der Waals surface area (Å²) in [7, 11) is 0. The fourth-order valence-electron chi connectivity index (χ4n) is 6.51. The van der Waals surface area contributed by atoms with Gasteiger partial charge in [-0.15, -0.1) is 0 Å². The number of carbonyl (C=O) groups is 1. The fraction of sp³-hybridized carbons (Fsp3) is 0.571. The van der Waals surface area contributed by atoms with Crippen LogP contribution in [0.3, 0.4) is 0 Å². The average molecular weight is 601 g/mol. The monoisotopic (exact) mass is 600 g/mol. The molecule has 0 bridgehead atoms. The van der Waals surface area contributed by atoms with E-state index in [-0.39, 0.29) is 18.5 Å². The van der Waals surface area contributed by atoms with E-state index in [1.165, 1.54) is 0 Å². The predicted octanol–water partition coefficient (Wildman–Crippen LogP) is 6.97. The van der Waals surface area contributed by atoms with Crippen molar-refractivity contribution in [3.05, 3.63) is 59.8 Å². The second-order valence-corrected chi connectivity index (χ2v) is 13.6. The Kier molecular flexibility index (Phi) is 8.84. The molecule has 1 amide bonds. The van der Waals surface area contributed by atoms with Crippen molar-refractivity contribution < 1.29 is 23.5 Å². The minimum absolute atomic E-state index is 0.170. The number of piperidine rings is 1. The summed E-state index contributed by atoms with van der Waals surface area (Å²) in [4.78, 5) is 18.8. The molecule has 1 saturated carbocycles. The highest BCUT2D eigenvalue weighted by molar-refractivity contribution is 5.68. The van der Waals surface area contributed by atoms with Gasteiger partial charge in [-0.1, -0.05) is 17.0 Å². The van der Waals surface area contributed by atoms with Crippen LogP contribution in [0, 0.1) is 23.2 Å². The molecule has 1 aromatic carbocycles. The third-order valence-corrected chi connectivity index (χ3v) is 8.92. The predicted molar refractivity (Wildman–Crippen MR) is 165 cm³/mol. The maximum atomic E-state index is 12.4. The number of aromatic nitrogens is 3. The summed E-state index contributed by atoms with van der Waals surface area (Å²) in [6, 6.07) is 10.1. The molecule has 1 aliphatic carbocycles. The molecule has 4 heterocycles. The topological polar surface area (TPSA) is 91.9 Å². The Labute approximate surface area is 260 Å². The lowest BCUT2D eigenvalue weighted by Crippen LogP contribution is -2.49. The van der Waals surface area contributed by atoms with E-state index < -0.39 is 5.60 Å². The van der Waals surface area contributed by atoms with Crippen LogP contribution in [0.4, 0.5) is 4.79 Å². The van der Waals surface area contributed by atoms with Crippen LogP contribution in [0.2, 0.25) is 0 Å². The van der Waals surface area contributed by atoms with Gasteiger partial charge >= 0.3 is 6.09 Å². The Morgan fingerprint density at radius 2 is 1.93 bits per heavy atom. The number of carbonyl (C=O) groups excluding carboxylic acids is 1. The minimum Gasteiger partial charge on any atom is -0.444 e. The lowest BCUT2D eigenvalue weighted by Gasteiger charge is -2.50. The summed E-state index contributed by atoms with van der Waals surface area (Å²) in [5.41, 5.74) is 2.65. The standard InChI is InChI=1S/C35H44N4O5/c1-25(42-31-7-5-6-20-41-31)32-36-16-19-39(32)24-29-21-30(44-37-29)28-12-10-26(11-13-28)8-9-27-22-35(23-27)14-17-38(18-15-35)33(40)43-34(2,3)4/h10-13,16,19,21,25,27,31H,5-7,14-15,17-18,20,22-24H2,1-4H3/t25-,31?/m0/s1. The number of rotatable bonds is 6. The van der Waals surface area contributed by atoms with E-state index in [1.807, 2.05) is 73.7 Å². The number of likely N-dealkylation sites (tertiary alicyclic amines) is 1. The molecule has 2 aromatic heterocycles. The molecule has 0 radical (unpaired) electrons. The fourth-order valence-corrected chi connectivity index (χ4v) is 6.51. The third-order valence-electron chi connectivity index (χ3n) is 8.92. The Morgan fingerprint density at radius 3 is 2.64 bits per heavy atom. The smallest absolute Gasteiger partial charge is 0.410 e. The highest BCUT2D eigenvalue weighted by Crippen LogP contribution is 2.52. The van der Waals surface area contributed by atoms with Gasteiger partial charge in [0.15, 0.2) is 12.1 Å². The quantitative estimate of drug-likeness (QED) is 0.282. The molecule has 1 unspecified atom stereocenters. The summed E-state index contributed by atoms with van der Waals surface area (Å²) >= 11 is 0. The highest BCUT2D eigenvalue weighted by Gasteiger charge is 2.46. The molecule has 6 rings (SSSR count). The van der Waals surface area contributed by atoms with E-state index >= 15 is 0 Å². The van der Waals surface area contributed by atoms with Crippen molar-refractivity contribution in [1.29, 1.82) is 0 Å². The van der Waals surface area contributed by atoms with Crippen LogP contribution in [-0.4, -0.2) is 57.3 Å². The summed E-state index contributed by atoms with van der Waals surface area (Å²) in [6.07, 6.45) is 10.6. The molecule has 2 saturated heterocycles. The van der Waals surface area contributed by atoms with Crippen LogP contribution < -0.4 is 0 Å². The van der Waals surface area contributed by atoms with E-state index in [1.54, 1.807) is 6.20 Å². The molecule has 9 nitrogen and oxygen atoms in total. The molecule has 1 spiro atoms. The molecule has 9 heteroatoms. The number of hydrogen-bond donors (Lipinski definition) is 0. The van der Waals surface area contributed by atoms with Gasteiger partial charge < -0.3 is 28.2 Å². The van der Waals surface area contributed by atoms with Gasteiger partial charge in [0.2, 0.25) is 0 Å². The van der Waals surface area contributed by atoms with E-state index in [0.29, 0.717) is 17.9 Å². The first-order valence-corrected chi connectivity index (χ1v) is 16.0. The molecule has 3 aliphatic rings. The van der Waals surface area contributed by atoms with Crippen LogP contribution >= 0.6 is 0 Å². The number of benzene rings is 1. The maximum absolute atomic E-state index is 12.4. The molecule has 3 fully saturated rings. The van der Waals surface area contributed by atoms with E-state index in [0.717, 1.165) is 93.0 Å². The van der Waals surface area contributed by atoms with E-state index in [9.17, 15) is 4.79 Å². The summed E-state index contributed by atoms with van der Waals surface area (Å²) in [5.74, 6) is 8.83. The first-order valence-electron chi connectivity index (χ1n) is 16.0. The Morgan fingerprint density at radius 1 is 1.16 bits per heavy atom. The van der Waals surface area contributed by atoms with Gasteiger partial charge in [0.25, 0.3) is 0 Å². The molecule has 234 valence electrons. The van der Waals surface area contributed by atoms with Gasteiger partial charge in [-0.25, -0.2) is 9.78 Å². The van der Waals surface area contributed by atoms with Crippen LogP contribution in [0.5, 0.6) is 0 Å². The Balaban J connectivity index is 0.986. The van der Waals surface area contributed by atoms with Crippen LogP contribution in [-0.2, 0) is 20.8 Å². The van der Waals surface area contributed by atoms with E-state index in [4.69, 9.17) is 18.7 Å². The maximum Gasteiger partial charge on any atom is 0.410 e. The zero-order valence-electron chi connectivity index (χ0n) is 26.4. The summed E-state index contributed by atoms with van der Waals surface area (Å²) in [6.45, 7) is 10.6. The van der Waals surface area contributed by atoms with Gasteiger partial charge in [0.1, 0.15) is 23.2 Å². The van der Waals surface area contributed by atoms with Gasteiger partial charge in [0, 0.05) is 55.2 Å². The third kappa shape index (κ3) is 7.36. The van der Waals surface area contributed by atoms with E-state index in [2.05, 4.69) is 22.0 Å². The first-order chi connectivity index (χ1) is 21.1. The average Bonchev–Trinajstić information content (AvgIpc) is 3.65. The van der Waals surface area contributed by atoms with Crippen molar-refractivity contribution >= 4 is 6.09 Å². The lowest BCUT2D eigenvalue weighted by atomic mass is 9.58. The van der Waals surface area contributed by atoms with Gasteiger partial charge in [-0.2, -0.15) is 0 Å². The SMILES string of the molecule is C[C@H](OC1CCCCO1)c1nccn1Cc1cc(-c2ccc(C#CC3CC4(CCN(C(=O)OC(C)(C)C)CC4)C3)cc2)on1. The summed E-state index contributed by atoms with van der Waals surface area (Å²) < 4.78 is 25.1. The molecule has 44 heavy (non-hydrogen) atoms. The molecular formula is C35H44N4O5. The minimum atomic E-state index is -0.455. The van der Waals surface area contributed by atoms with Crippen molar-refractivity contribution in [2.75, 3.05) is 19.7 Å². The van der Waals surface area contributed by atoms with Gasteiger partial charge in [-0.05, 0) is 102 Å². The number of amides is 1. The van der Waals surface area contributed by atoms with Crippen molar-refractivity contribution in [2.24, 2.45) is 11.3 Å². The normalized spacial score (nSPS) is 20.9. The van der Waals surface area contributed by atoms with Crippen molar-refractivity contribution in [3.8, 4) is 23.2 Å². The summed E-state index contributed by atoms with van der Waals surface area (Å²) in [5, 5.41) is 4.31. The first kappa shape index (κ1) is 30.4. The van der Waals surface area contributed by atoms with Gasteiger partial charge in [0.05, 0.1) is 6.54 Å². The number of hydrogen-bond acceptors (Lipinski definition) is 7. The molecule has 2 aliphatic heterocycles. The van der Waals surface area contributed by atoms with Crippen molar-refractivity contribution in [3.63, 3.8) is 0 Å². The number of imidazole rings is 1. The molecule has 2 atom stereocenters. The largest absolute Gasteiger partial charge is 0.444 e. The highest BCUT2D eigenvalue weighted by atomic mass is 16.7. The molecule has 0 N–H and O–H groups in total. The lowest BCUT2D eigenvalue weighted by molar-refractivity contribution is -0.188. The van der Waals surface area contributed by atoms with Crippen molar-refractivity contribution in [2.45, 2.75) is 97.2 Å². The van der Waals surface area contributed by atoms with Crippen LogP contribution in [0.1, 0.15) is 95.8 Å². The second kappa shape index (κ2) is 12.8. The number of ether oxygens (including phenoxy) is 3. The Hall–Kier alpha value is -3.61. The zero-order chi connectivity index (χ0) is 30.7. The molecule has 3 aromatic rings. The Bertz CT molecular complexity index is 1470. The molecular weight excluding hydrogens is 556 g/mol. The van der Waals surface area contributed by atoms with Crippen LogP contribution in [0.25, 0.3) is 11.3 Å². The zero-order valence-corrected chi connectivity index (χ0v) is 26.4. The van der Waals surface area contributed by atoms with Crippen LogP contribution in [0.15, 0.2) is 47.2 Å².